The fraction of sp³-hybridized carbons (Fsp3) is 0.696. The highest BCUT2D eigenvalue weighted by Gasteiger charge is 2.42. The zero-order chi connectivity index (χ0) is 23.1. The van der Waals surface area contributed by atoms with Gasteiger partial charge in [0.25, 0.3) is 0 Å². The van der Waals surface area contributed by atoms with Crippen LogP contribution in [-0.4, -0.2) is 50.5 Å². The second kappa shape index (κ2) is 9.06. The fourth-order valence-corrected chi connectivity index (χ4v) is 5.90. The molecule has 0 radical (unpaired) electrons. The minimum absolute atomic E-state index is 0.00855. The van der Waals surface area contributed by atoms with Gasteiger partial charge >= 0.3 is 6.18 Å². The van der Waals surface area contributed by atoms with Crippen molar-refractivity contribution in [3.8, 4) is 0 Å². The molecule has 2 aromatic rings. The number of halogens is 3. The maximum atomic E-state index is 13.1. The summed E-state index contributed by atoms with van der Waals surface area (Å²) in [5.41, 5.74) is 1.65. The molecule has 0 saturated carbocycles. The molecule has 9 heteroatoms. The molecule has 0 aliphatic carbocycles. The summed E-state index contributed by atoms with van der Waals surface area (Å²) in [6.45, 7) is 9.22. The zero-order valence-corrected chi connectivity index (χ0v) is 19.8. The van der Waals surface area contributed by atoms with Gasteiger partial charge in [-0.25, -0.2) is 13.5 Å². The summed E-state index contributed by atoms with van der Waals surface area (Å²) in [4.78, 5) is 5.51. The number of benzene rings is 1. The molecule has 32 heavy (non-hydrogen) atoms. The molecule has 5 nitrogen and oxygen atoms in total. The van der Waals surface area contributed by atoms with Crippen LogP contribution in [0.3, 0.4) is 0 Å². The Hall–Kier alpha value is -1.45. The number of rotatable bonds is 4. The van der Waals surface area contributed by atoms with Crippen molar-refractivity contribution in [2.24, 2.45) is 11.8 Å². The summed E-state index contributed by atoms with van der Waals surface area (Å²) in [7, 11) is -1.49. The molecule has 1 aromatic carbocycles. The molecule has 0 N–H and O–H groups in total. The molecule has 2 saturated heterocycles. The molecule has 178 valence electrons. The second-order valence-electron chi connectivity index (χ2n) is 10.00. The average Bonchev–Trinajstić information content (AvgIpc) is 3.11. The quantitative estimate of drug-likeness (QED) is 0.627. The van der Waals surface area contributed by atoms with E-state index in [4.69, 9.17) is 9.72 Å². The van der Waals surface area contributed by atoms with Crippen molar-refractivity contribution in [1.82, 2.24) is 13.9 Å². The number of nitrogens with zero attached hydrogens (tertiary/aromatic N) is 3. The SMILES string of the molecule is CC(C)(C)c1nc2cc(S(=O)N3CCC(C(F)(F)F)CC3)ccc2n1CC1CCOCC1. The lowest BCUT2D eigenvalue weighted by molar-refractivity contribution is -0.182. The number of ether oxygens (including phenoxy) is 1. The standard InChI is InChI=1S/C23H32F3N3O2S/c1-22(2,3)21-27-19-14-18(32(30)28-10-6-17(7-11-28)23(24,25)26)4-5-20(19)29(21)15-16-8-12-31-13-9-16/h4-5,14,16-17H,6-13,15H2,1-3H3. The molecule has 0 spiro atoms. The van der Waals surface area contributed by atoms with Crippen LogP contribution in [0, 0.1) is 11.8 Å². The lowest BCUT2D eigenvalue weighted by Gasteiger charge is -2.31. The normalized spacial score (nSPS) is 21.3. The van der Waals surface area contributed by atoms with Crippen molar-refractivity contribution in [2.45, 2.75) is 69.5 Å². The Bertz CT molecular complexity index is 969. The van der Waals surface area contributed by atoms with E-state index in [2.05, 4.69) is 25.3 Å². The summed E-state index contributed by atoms with van der Waals surface area (Å²) in [6, 6.07) is 5.65. The third kappa shape index (κ3) is 5.04. The maximum absolute atomic E-state index is 13.1. The Morgan fingerprint density at radius 2 is 1.75 bits per heavy atom. The highest BCUT2D eigenvalue weighted by Crippen LogP contribution is 2.35. The van der Waals surface area contributed by atoms with E-state index >= 15 is 0 Å². The van der Waals surface area contributed by atoms with Crippen molar-refractivity contribution < 1.29 is 22.1 Å². The van der Waals surface area contributed by atoms with Gasteiger partial charge in [-0.2, -0.15) is 13.2 Å². The van der Waals surface area contributed by atoms with E-state index in [0.29, 0.717) is 10.8 Å². The zero-order valence-electron chi connectivity index (χ0n) is 19.0. The predicted octanol–water partition coefficient (Wildman–Crippen LogP) is 5.06. The minimum Gasteiger partial charge on any atom is -0.381 e. The van der Waals surface area contributed by atoms with Gasteiger partial charge < -0.3 is 9.30 Å². The number of fused-ring (bicyclic) bond motifs is 1. The molecule has 2 aliphatic rings. The Morgan fingerprint density at radius 3 is 2.34 bits per heavy atom. The van der Waals surface area contributed by atoms with Crippen LogP contribution in [-0.2, 0) is 27.7 Å². The summed E-state index contributed by atoms with van der Waals surface area (Å²) in [5.74, 6) is 0.229. The topological polar surface area (TPSA) is 47.4 Å². The Morgan fingerprint density at radius 1 is 1.09 bits per heavy atom. The van der Waals surface area contributed by atoms with Crippen LogP contribution in [0.15, 0.2) is 23.1 Å². The van der Waals surface area contributed by atoms with Crippen molar-refractivity contribution in [2.75, 3.05) is 26.3 Å². The van der Waals surface area contributed by atoms with Crippen LogP contribution >= 0.6 is 0 Å². The first-order valence-corrected chi connectivity index (χ1v) is 12.5. The van der Waals surface area contributed by atoms with Gasteiger partial charge in [0.1, 0.15) is 16.8 Å². The molecule has 3 heterocycles. The summed E-state index contributed by atoms with van der Waals surface area (Å²) in [6.07, 6.45) is -2.14. The monoisotopic (exact) mass is 471 g/mol. The van der Waals surface area contributed by atoms with E-state index in [0.717, 1.165) is 49.5 Å². The number of aromatic nitrogens is 2. The van der Waals surface area contributed by atoms with E-state index in [1.165, 1.54) is 0 Å². The van der Waals surface area contributed by atoms with E-state index in [-0.39, 0.29) is 31.3 Å². The van der Waals surface area contributed by atoms with Crippen molar-refractivity contribution in [3.63, 3.8) is 0 Å². The van der Waals surface area contributed by atoms with Gasteiger partial charge in [0, 0.05) is 38.3 Å². The molecule has 2 fully saturated rings. The van der Waals surface area contributed by atoms with Gasteiger partial charge in [-0.15, -0.1) is 0 Å². The van der Waals surface area contributed by atoms with Crippen LogP contribution in [0.2, 0.25) is 0 Å². The third-order valence-corrected chi connectivity index (χ3v) is 8.02. The van der Waals surface area contributed by atoms with E-state index in [9.17, 15) is 17.4 Å². The molecular formula is C23H32F3N3O2S. The number of hydrogen-bond donors (Lipinski definition) is 0. The molecule has 4 rings (SSSR count). The maximum Gasteiger partial charge on any atom is 0.391 e. The summed E-state index contributed by atoms with van der Waals surface area (Å²) < 4.78 is 61.4. The third-order valence-electron chi connectivity index (χ3n) is 6.53. The van der Waals surface area contributed by atoms with Gasteiger partial charge in [0.05, 0.1) is 21.8 Å². The van der Waals surface area contributed by atoms with Crippen molar-refractivity contribution in [3.05, 3.63) is 24.0 Å². The molecule has 1 unspecified atom stereocenters. The van der Waals surface area contributed by atoms with Crippen LogP contribution in [0.25, 0.3) is 11.0 Å². The Balaban J connectivity index is 1.58. The van der Waals surface area contributed by atoms with Gasteiger partial charge in [-0.05, 0) is 49.8 Å². The van der Waals surface area contributed by atoms with Crippen molar-refractivity contribution >= 4 is 22.0 Å². The highest BCUT2D eigenvalue weighted by molar-refractivity contribution is 7.82. The van der Waals surface area contributed by atoms with Gasteiger partial charge in [-0.1, -0.05) is 20.8 Å². The summed E-state index contributed by atoms with van der Waals surface area (Å²) in [5, 5.41) is 0. The fourth-order valence-electron chi connectivity index (χ4n) is 4.66. The number of piperidine rings is 1. The van der Waals surface area contributed by atoms with Crippen LogP contribution in [0.4, 0.5) is 13.2 Å². The molecule has 2 aliphatic heterocycles. The lowest BCUT2D eigenvalue weighted by atomic mass is 9.94. The second-order valence-corrected chi connectivity index (χ2v) is 11.5. The first-order chi connectivity index (χ1) is 15.0. The lowest BCUT2D eigenvalue weighted by Crippen LogP contribution is -2.39. The molecule has 0 bridgehead atoms. The molecule has 0 amide bonds. The minimum atomic E-state index is -4.17. The molecule has 1 aromatic heterocycles. The predicted molar refractivity (Wildman–Crippen MR) is 119 cm³/mol. The van der Waals surface area contributed by atoms with Crippen LogP contribution in [0.5, 0.6) is 0 Å². The Kier molecular flexibility index (Phi) is 6.71. The van der Waals surface area contributed by atoms with Gasteiger partial charge in [-0.3, -0.25) is 0 Å². The van der Waals surface area contributed by atoms with Gasteiger partial charge in [0.2, 0.25) is 0 Å². The Labute approximate surface area is 189 Å². The summed E-state index contributed by atoms with van der Waals surface area (Å²) >= 11 is 0. The largest absolute Gasteiger partial charge is 0.391 e. The first-order valence-electron chi connectivity index (χ1n) is 11.4. The van der Waals surface area contributed by atoms with Gasteiger partial charge in [0.15, 0.2) is 0 Å². The van der Waals surface area contributed by atoms with E-state index in [1.54, 1.807) is 4.31 Å². The van der Waals surface area contributed by atoms with Crippen LogP contribution in [0.1, 0.15) is 52.3 Å². The molecular weight excluding hydrogens is 439 g/mol. The van der Waals surface area contributed by atoms with Crippen molar-refractivity contribution in [1.29, 1.82) is 0 Å². The smallest absolute Gasteiger partial charge is 0.381 e. The number of alkyl halides is 3. The molecule has 1 atom stereocenters. The van der Waals surface area contributed by atoms with Crippen LogP contribution < -0.4 is 0 Å². The number of imidazole rings is 1. The number of hydrogen-bond acceptors (Lipinski definition) is 3. The average molecular weight is 472 g/mol. The highest BCUT2D eigenvalue weighted by atomic mass is 32.2. The first kappa shape index (κ1) is 23.7. The van der Waals surface area contributed by atoms with E-state index in [1.807, 2.05) is 18.2 Å². The van der Waals surface area contributed by atoms with E-state index < -0.39 is 23.1 Å².